The third kappa shape index (κ3) is 11.4. The van der Waals surface area contributed by atoms with Gasteiger partial charge in [0.1, 0.15) is 30.3 Å². The molecule has 9 rings (SSSR count). The monoisotopic (exact) mass is 1060 g/mol. The number of carbonyl (C=O) groups is 2. The molecule has 2 aromatic heterocycles. The summed E-state index contributed by atoms with van der Waals surface area (Å²) in [6.45, 7) is 11.4. The number of anilines is 6. The zero-order valence-electron chi connectivity index (χ0n) is 40.8. The largest absolute Gasteiger partial charge is 0.494 e. The molecular weight excluding hydrogens is 996 g/mol. The van der Waals surface area contributed by atoms with E-state index in [1.807, 2.05) is 4.90 Å². The van der Waals surface area contributed by atoms with Crippen LogP contribution >= 0.6 is 23.1 Å². The SMILES string of the molecule is CCc1cc(Nc2ncc(Br)c(Nc3ccc4c(=O)n(C5CC5)ncc4c3P(C)(C)=O)n2)c(OC)cc1N1CCC(NCCNCCC2CCN(c3cc(F)c([C@H]4CCC(=O)NC4=O)c(F)c3)CC2)CC1. The van der Waals surface area contributed by atoms with Crippen LogP contribution in [0.15, 0.2) is 58.1 Å². The molecule has 4 fully saturated rings. The van der Waals surface area contributed by atoms with E-state index in [2.05, 4.69) is 76.6 Å². The Morgan fingerprint density at radius 2 is 1.59 bits per heavy atom. The van der Waals surface area contributed by atoms with E-state index in [-0.39, 0.29) is 30.0 Å². The average molecular weight is 1060 g/mol. The van der Waals surface area contributed by atoms with E-state index in [1.54, 1.807) is 45.0 Å². The summed E-state index contributed by atoms with van der Waals surface area (Å²) in [5.74, 6) is -1.56. The van der Waals surface area contributed by atoms with Crippen LogP contribution in [0.25, 0.3) is 10.8 Å². The van der Waals surface area contributed by atoms with Crippen LogP contribution in [0, 0.1) is 17.6 Å². The summed E-state index contributed by atoms with van der Waals surface area (Å²) >= 11 is 3.59. The second kappa shape index (κ2) is 21.7. The lowest BCUT2D eigenvalue weighted by atomic mass is 9.89. The maximum Gasteiger partial charge on any atom is 0.274 e. The lowest BCUT2D eigenvalue weighted by molar-refractivity contribution is -0.134. The van der Waals surface area contributed by atoms with Crippen LogP contribution in [0.5, 0.6) is 5.75 Å². The molecule has 5 N–H and O–H groups in total. The van der Waals surface area contributed by atoms with Crippen molar-refractivity contribution >= 4 is 85.5 Å². The minimum absolute atomic E-state index is 0.0630. The van der Waals surface area contributed by atoms with Crippen molar-refractivity contribution in [1.29, 1.82) is 0 Å². The molecule has 0 spiro atoms. The van der Waals surface area contributed by atoms with Gasteiger partial charge in [-0.15, -0.1) is 0 Å². The number of benzene rings is 3. The first-order chi connectivity index (χ1) is 34.2. The number of carbonyl (C=O) groups excluding carboxylic acids is 2. The number of aromatic nitrogens is 4. The molecule has 3 aliphatic heterocycles. The van der Waals surface area contributed by atoms with Crippen molar-refractivity contribution < 1.29 is 27.7 Å². The van der Waals surface area contributed by atoms with E-state index in [0.29, 0.717) is 74.5 Å². The van der Waals surface area contributed by atoms with Gasteiger partial charge in [-0.2, -0.15) is 10.1 Å². The van der Waals surface area contributed by atoms with Gasteiger partial charge in [0, 0.05) is 91.6 Å². The van der Waals surface area contributed by atoms with Gasteiger partial charge >= 0.3 is 0 Å². The number of nitrogens with zero attached hydrogens (tertiary/aromatic N) is 6. The fraction of sp³-hybridized carbons (Fsp3) is 0.490. The van der Waals surface area contributed by atoms with Crippen molar-refractivity contribution in [2.45, 2.75) is 89.1 Å². The summed E-state index contributed by atoms with van der Waals surface area (Å²) in [4.78, 5) is 51.0. The Hall–Kier alpha value is -5.49. The van der Waals surface area contributed by atoms with Gasteiger partial charge in [-0.1, -0.05) is 6.92 Å². The number of imide groups is 1. The van der Waals surface area contributed by atoms with Crippen molar-refractivity contribution in [3.63, 3.8) is 0 Å². The van der Waals surface area contributed by atoms with E-state index < -0.39 is 36.5 Å². The van der Waals surface area contributed by atoms with Crippen LogP contribution in [0.1, 0.15) is 87.8 Å². The zero-order valence-corrected chi connectivity index (χ0v) is 43.2. The molecule has 71 heavy (non-hydrogen) atoms. The van der Waals surface area contributed by atoms with Crippen LogP contribution in [0.4, 0.5) is 43.3 Å². The van der Waals surface area contributed by atoms with Gasteiger partial charge < -0.3 is 40.4 Å². The van der Waals surface area contributed by atoms with Crippen molar-refractivity contribution in [3.05, 3.63) is 86.4 Å². The number of aryl methyl sites for hydroxylation is 1. The first-order valence-electron chi connectivity index (χ1n) is 24.8. The van der Waals surface area contributed by atoms with Crippen LogP contribution in [-0.2, 0) is 20.6 Å². The van der Waals surface area contributed by atoms with Crippen LogP contribution < -0.4 is 52.0 Å². The summed E-state index contributed by atoms with van der Waals surface area (Å²) in [6, 6.07) is 10.9. The van der Waals surface area contributed by atoms with Gasteiger partial charge in [0.05, 0.1) is 46.5 Å². The molecule has 20 heteroatoms. The third-order valence-corrected chi connectivity index (χ3v) is 16.5. The van der Waals surface area contributed by atoms with Crippen molar-refractivity contribution in [2.75, 3.05) is 86.7 Å². The standard InChI is InChI=1S/C51H63BrF2N11O5P/c1-5-31-24-42(60-51-57-29-38(52)48(62-51)59-41-10-8-35-37(47(41)71(3,4)69)28-58-65(50(35)68)33-6-7-33)44(70-2)27-43(31)64-22-15-32(16-23-64)56-19-18-55-17-12-30-13-20-63(21-14-30)34-25-39(53)46(40(54)26-34)36-9-11-45(66)61-49(36)67/h8,10,24-30,32-33,36,55-56H,5-7,9,11-23H2,1-4H3,(H,61,66,67)(H2,57,59,60,62)/t36-/m1/s1. The van der Waals surface area contributed by atoms with Crippen molar-refractivity contribution in [2.24, 2.45) is 5.92 Å². The van der Waals surface area contributed by atoms with Crippen LogP contribution in [0.3, 0.4) is 0 Å². The van der Waals surface area contributed by atoms with Crippen LogP contribution in [0.2, 0.25) is 0 Å². The van der Waals surface area contributed by atoms with Gasteiger partial charge in [-0.3, -0.25) is 19.7 Å². The Labute approximate surface area is 421 Å². The predicted molar refractivity (Wildman–Crippen MR) is 279 cm³/mol. The Morgan fingerprint density at radius 1 is 0.859 bits per heavy atom. The average Bonchev–Trinajstić information content (AvgIpc) is 4.20. The molecule has 1 atom stereocenters. The number of rotatable bonds is 18. The van der Waals surface area contributed by atoms with Gasteiger partial charge in [-0.05, 0) is 135 Å². The summed E-state index contributed by atoms with van der Waals surface area (Å²) in [7, 11) is -1.25. The highest BCUT2D eigenvalue weighted by atomic mass is 79.9. The molecule has 0 bridgehead atoms. The molecule has 3 saturated heterocycles. The smallest absolute Gasteiger partial charge is 0.274 e. The second-order valence-corrected chi connectivity index (χ2v) is 23.6. The third-order valence-electron chi connectivity index (χ3n) is 14.4. The van der Waals surface area contributed by atoms with E-state index in [4.69, 9.17) is 9.72 Å². The summed E-state index contributed by atoms with van der Waals surface area (Å²) in [6.07, 6.45) is 11.1. The summed E-state index contributed by atoms with van der Waals surface area (Å²) in [5, 5.41) is 22.3. The molecule has 3 aromatic carbocycles. The number of halogens is 3. The Bertz CT molecular complexity index is 2890. The van der Waals surface area contributed by atoms with Gasteiger partial charge in [-0.25, -0.2) is 18.4 Å². The fourth-order valence-corrected chi connectivity index (χ4v) is 12.1. The second-order valence-electron chi connectivity index (χ2n) is 19.6. The maximum atomic E-state index is 15.2. The molecular formula is C51H63BrF2N11O5P. The minimum Gasteiger partial charge on any atom is -0.494 e. The molecule has 5 heterocycles. The van der Waals surface area contributed by atoms with Gasteiger partial charge in [0.2, 0.25) is 17.8 Å². The van der Waals surface area contributed by atoms with E-state index in [1.165, 1.54) is 22.4 Å². The highest BCUT2D eigenvalue weighted by Gasteiger charge is 2.34. The highest BCUT2D eigenvalue weighted by molar-refractivity contribution is 9.10. The first-order valence-corrected chi connectivity index (χ1v) is 28.2. The predicted octanol–water partition coefficient (Wildman–Crippen LogP) is 7.84. The van der Waals surface area contributed by atoms with E-state index >= 15 is 8.78 Å². The zero-order chi connectivity index (χ0) is 50.0. The summed E-state index contributed by atoms with van der Waals surface area (Å²) < 4.78 is 52.2. The molecule has 16 nitrogen and oxygen atoms in total. The first kappa shape index (κ1) is 50.5. The van der Waals surface area contributed by atoms with Crippen molar-refractivity contribution in [3.8, 4) is 5.75 Å². The summed E-state index contributed by atoms with van der Waals surface area (Å²) in [5.41, 5.74) is 3.68. The Balaban J connectivity index is 0.736. The topological polar surface area (TPSA) is 188 Å². The van der Waals surface area contributed by atoms with Gasteiger partial charge in [0.25, 0.3) is 5.56 Å². The molecule has 378 valence electrons. The van der Waals surface area contributed by atoms with E-state index in [9.17, 15) is 18.9 Å². The number of hydrogen-bond donors (Lipinski definition) is 5. The quantitative estimate of drug-likeness (QED) is 0.0325. The molecule has 5 aromatic rings. The van der Waals surface area contributed by atoms with Crippen LogP contribution in [-0.4, -0.2) is 104 Å². The number of ether oxygens (including phenoxy) is 1. The molecule has 4 aliphatic rings. The number of nitrogens with one attached hydrogen (secondary N) is 5. The van der Waals surface area contributed by atoms with Gasteiger partial charge in [0.15, 0.2) is 0 Å². The lowest BCUT2D eigenvalue weighted by Gasteiger charge is -2.35. The molecule has 0 radical (unpaired) electrons. The number of amides is 2. The molecule has 1 saturated carbocycles. The van der Waals surface area contributed by atoms with E-state index in [0.717, 1.165) is 95.5 Å². The number of methoxy groups -OCH3 is 1. The molecule has 2 amide bonds. The number of hydrogen-bond acceptors (Lipinski definition) is 14. The van der Waals surface area contributed by atoms with Crippen molar-refractivity contribution in [1.82, 2.24) is 35.7 Å². The maximum absolute atomic E-state index is 15.2. The Morgan fingerprint density at radius 3 is 2.27 bits per heavy atom. The Kier molecular flexibility index (Phi) is 15.4. The number of piperidine rings is 3. The molecule has 0 unspecified atom stereocenters. The lowest BCUT2D eigenvalue weighted by Crippen LogP contribution is -2.44. The number of fused-ring (bicyclic) bond motifs is 1. The minimum atomic E-state index is -2.91. The highest BCUT2D eigenvalue weighted by Crippen LogP contribution is 2.43. The normalized spacial score (nSPS) is 18.3. The molecule has 1 aliphatic carbocycles. The fourth-order valence-electron chi connectivity index (χ4n) is 10.4.